The minimum Gasteiger partial charge on any atom is -0.495 e. The van der Waals surface area contributed by atoms with E-state index < -0.39 is 6.61 Å². The maximum atomic E-state index is 12.1. The molecule has 0 saturated carbocycles. The van der Waals surface area contributed by atoms with Crippen LogP contribution in [0.25, 0.3) is 0 Å². The van der Waals surface area contributed by atoms with Crippen LogP contribution >= 0.6 is 31.9 Å². The van der Waals surface area contributed by atoms with E-state index in [0.29, 0.717) is 13.1 Å². The van der Waals surface area contributed by atoms with Crippen molar-refractivity contribution < 1.29 is 18.3 Å². The number of methoxy groups -OCH3 is 1. The summed E-state index contributed by atoms with van der Waals surface area (Å²) in [6.07, 6.45) is 0. The summed E-state index contributed by atoms with van der Waals surface area (Å²) < 4.78 is 35.7. The van der Waals surface area contributed by atoms with E-state index in [2.05, 4.69) is 41.9 Å². The Balaban J connectivity index is 1.95. The van der Waals surface area contributed by atoms with Crippen LogP contribution in [0.1, 0.15) is 11.1 Å². The van der Waals surface area contributed by atoms with Gasteiger partial charge in [0.15, 0.2) is 0 Å². The molecule has 2 aromatic rings. The number of nitrogens with one attached hydrogen (secondary N) is 1. The molecule has 0 fully saturated rings. The van der Waals surface area contributed by atoms with Gasteiger partial charge in [0.05, 0.1) is 11.6 Å². The Morgan fingerprint density at radius 2 is 1.78 bits per heavy atom. The third-order valence-electron chi connectivity index (χ3n) is 3.08. The van der Waals surface area contributed by atoms with Crippen LogP contribution < -0.4 is 14.8 Å². The van der Waals surface area contributed by atoms with Gasteiger partial charge in [0, 0.05) is 23.1 Å². The minimum absolute atomic E-state index is 0.154. The first kappa shape index (κ1) is 18.2. The van der Waals surface area contributed by atoms with Crippen LogP contribution in [-0.2, 0) is 13.1 Å². The van der Waals surface area contributed by atoms with Crippen LogP contribution in [0.15, 0.2) is 45.3 Å². The van der Waals surface area contributed by atoms with Crippen molar-refractivity contribution in [3.63, 3.8) is 0 Å². The molecule has 0 aliphatic rings. The summed E-state index contributed by atoms with van der Waals surface area (Å²) in [4.78, 5) is 0. The molecule has 0 bridgehead atoms. The maximum absolute atomic E-state index is 12.1. The highest BCUT2D eigenvalue weighted by Crippen LogP contribution is 2.32. The van der Waals surface area contributed by atoms with Crippen molar-refractivity contribution in [2.45, 2.75) is 19.7 Å². The lowest BCUT2D eigenvalue weighted by Crippen LogP contribution is -2.13. The van der Waals surface area contributed by atoms with Crippen LogP contribution in [0.4, 0.5) is 8.78 Å². The summed E-state index contributed by atoms with van der Waals surface area (Å²) in [7, 11) is 1.62. The highest BCUT2D eigenvalue weighted by atomic mass is 79.9. The smallest absolute Gasteiger partial charge is 0.387 e. The van der Waals surface area contributed by atoms with Gasteiger partial charge in [0.2, 0.25) is 0 Å². The fourth-order valence-electron chi connectivity index (χ4n) is 2.10. The summed E-state index contributed by atoms with van der Waals surface area (Å²) in [6.45, 7) is -1.60. The number of rotatable bonds is 7. The Morgan fingerprint density at radius 3 is 2.39 bits per heavy atom. The number of hydrogen-bond acceptors (Lipinski definition) is 3. The number of hydrogen-bond donors (Lipinski definition) is 1. The van der Waals surface area contributed by atoms with E-state index in [-0.39, 0.29) is 5.75 Å². The predicted octanol–water partition coefficient (Wildman–Crippen LogP) is 5.11. The van der Waals surface area contributed by atoms with Gasteiger partial charge in [-0.1, -0.05) is 28.1 Å². The van der Waals surface area contributed by atoms with Gasteiger partial charge in [-0.2, -0.15) is 8.78 Å². The molecule has 124 valence electrons. The number of halogens is 4. The minimum atomic E-state index is -2.80. The van der Waals surface area contributed by atoms with Crippen molar-refractivity contribution in [1.29, 1.82) is 0 Å². The standard InChI is InChI=1S/C16H15Br2F2NO2/c1-22-15-11(6-12(17)7-14(15)18)9-21-8-10-2-4-13(5-3-10)23-16(19)20/h2-7,16,21H,8-9H2,1H3. The van der Waals surface area contributed by atoms with Gasteiger partial charge in [0.25, 0.3) is 0 Å². The Morgan fingerprint density at radius 1 is 1.09 bits per heavy atom. The van der Waals surface area contributed by atoms with Crippen LogP contribution in [0.3, 0.4) is 0 Å². The monoisotopic (exact) mass is 449 g/mol. The molecule has 0 aliphatic heterocycles. The summed E-state index contributed by atoms with van der Waals surface area (Å²) in [5, 5.41) is 3.30. The normalized spacial score (nSPS) is 10.9. The first-order valence-electron chi connectivity index (χ1n) is 6.76. The van der Waals surface area contributed by atoms with Crippen molar-refractivity contribution in [1.82, 2.24) is 5.32 Å². The summed E-state index contributed by atoms with van der Waals surface area (Å²) in [5.41, 5.74) is 1.98. The topological polar surface area (TPSA) is 30.5 Å². The Bertz CT molecular complexity index is 651. The molecule has 3 nitrogen and oxygen atoms in total. The fourth-order valence-corrected chi connectivity index (χ4v) is 3.58. The predicted molar refractivity (Wildman–Crippen MR) is 92.0 cm³/mol. The van der Waals surface area contributed by atoms with E-state index >= 15 is 0 Å². The van der Waals surface area contributed by atoms with Gasteiger partial charge in [0.1, 0.15) is 11.5 Å². The molecule has 7 heteroatoms. The van der Waals surface area contributed by atoms with Crippen LogP contribution in [0.5, 0.6) is 11.5 Å². The number of alkyl halides is 2. The van der Waals surface area contributed by atoms with Gasteiger partial charge in [-0.05, 0) is 45.8 Å². The van der Waals surface area contributed by atoms with Crippen molar-refractivity contribution in [2.75, 3.05) is 7.11 Å². The van der Waals surface area contributed by atoms with E-state index in [1.165, 1.54) is 12.1 Å². The molecule has 0 spiro atoms. The Hall–Kier alpha value is -1.18. The average molecular weight is 451 g/mol. The zero-order chi connectivity index (χ0) is 16.8. The molecule has 0 heterocycles. The molecule has 2 rings (SSSR count). The number of ether oxygens (including phenoxy) is 2. The molecule has 0 atom stereocenters. The third kappa shape index (κ3) is 5.44. The Labute approximate surface area is 150 Å². The van der Waals surface area contributed by atoms with Crippen molar-refractivity contribution >= 4 is 31.9 Å². The highest BCUT2D eigenvalue weighted by molar-refractivity contribution is 9.11. The SMILES string of the molecule is COc1c(Br)cc(Br)cc1CNCc1ccc(OC(F)F)cc1. The van der Waals surface area contributed by atoms with Gasteiger partial charge < -0.3 is 14.8 Å². The Kier molecular flexibility index (Phi) is 6.80. The zero-order valence-electron chi connectivity index (χ0n) is 12.3. The third-order valence-corrected chi connectivity index (χ3v) is 4.13. The number of benzene rings is 2. The highest BCUT2D eigenvalue weighted by Gasteiger charge is 2.09. The molecule has 0 aromatic heterocycles. The lowest BCUT2D eigenvalue weighted by molar-refractivity contribution is -0.0498. The second-order valence-electron chi connectivity index (χ2n) is 4.71. The molecule has 0 saturated heterocycles. The molecular formula is C16H15Br2F2NO2. The van der Waals surface area contributed by atoms with E-state index in [1.807, 2.05) is 12.1 Å². The van der Waals surface area contributed by atoms with E-state index in [9.17, 15) is 8.78 Å². The largest absolute Gasteiger partial charge is 0.495 e. The first-order chi connectivity index (χ1) is 11.0. The van der Waals surface area contributed by atoms with Crippen molar-refractivity contribution in [3.8, 4) is 11.5 Å². The van der Waals surface area contributed by atoms with E-state index in [4.69, 9.17) is 4.74 Å². The average Bonchev–Trinajstić information content (AvgIpc) is 2.48. The van der Waals surface area contributed by atoms with Gasteiger partial charge in [-0.25, -0.2) is 0 Å². The van der Waals surface area contributed by atoms with E-state index in [1.54, 1.807) is 19.2 Å². The lowest BCUT2D eigenvalue weighted by atomic mass is 10.2. The van der Waals surface area contributed by atoms with Crippen LogP contribution in [0.2, 0.25) is 0 Å². The zero-order valence-corrected chi connectivity index (χ0v) is 15.5. The quantitative estimate of drug-likeness (QED) is 0.635. The summed E-state index contributed by atoms with van der Waals surface area (Å²) in [6, 6.07) is 10.5. The van der Waals surface area contributed by atoms with Crippen LogP contribution in [0, 0.1) is 0 Å². The maximum Gasteiger partial charge on any atom is 0.387 e. The molecule has 0 aliphatic carbocycles. The second-order valence-corrected chi connectivity index (χ2v) is 6.48. The van der Waals surface area contributed by atoms with Crippen molar-refractivity contribution in [2.24, 2.45) is 0 Å². The summed E-state index contributed by atoms with van der Waals surface area (Å²) >= 11 is 6.92. The van der Waals surface area contributed by atoms with Gasteiger partial charge in [-0.3, -0.25) is 0 Å². The molecule has 2 aromatic carbocycles. The van der Waals surface area contributed by atoms with Gasteiger partial charge >= 0.3 is 6.61 Å². The first-order valence-corrected chi connectivity index (χ1v) is 8.34. The van der Waals surface area contributed by atoms with Crippen LogP contribution in [-0.4, -0.2) is 13.7 Å². The lowest BCUT2D eigenvalue weighted by Gasteiger charge is -2.12. The molecule has 23 heavy (non-hydrogen) atoms. The van der Waals surface area contributed by atoms with Gasteiger partial charge in [-0.15, -0.1) is 0 Å². The second kappa shape index (κ2) is 8.61. The molecule has 0 radical (unpaired) electrons. The molecule has 1 N–H and O–H groups in total. The molecular weight excluding hydrogens is 436 g/mol. The molecule has 0 unspecified atom stereocenters. The van der Waals surface area contributed by atoms with Crippen molar-refractivity contribution in [3.05, 3.63) is 56.5 Å². The summed E-state index contributed by atoms with van der Waals surface area (Å²) in [5.74, 6) is 0.933. The van der Waals surface area contributed by atoms with E-state index in [0.717, 1.165) is 25.8 Å². The fraction of sp³-hybridized carbons (Fsp3) is 0.250. The molecule has 0 amide bonds.